The molecule has 0 radical (unpaired) electrons. The molecule has 2 aromatic rings. The number of ether oxygens (including phenoxy) is 1. The van der Waals surface area contributed by atoms with Crippen molar-refractivity contribution in [1.29, 1.82) is 0 Å². The number of benzene rings is 1. The van der Waals surface area contributed by atoms with Gasteiger partial charge in [-0.1, -0.05) is 37.3 Å². The van der Waals surface area contributed by atoms with Crippen molar-refractivity contribution in [3.63, 3.8) is 0 Å². The fraction of sp³-hybridized carbons (Fsp3) is 0.294. The van der Waals surface area contributed by atoms with Gasteiger partial charge in [-0.3, -0.25) is 9.59 Å². The molecule has 2 N–H and O–H groups in total. The molecule has 0 saturated heterocycles. The molecule has 5 nitrogen and oxygen atoms in total. The lowest BCUT2D eigenvalue weighted by Crippen LogP contribution is -2.28. The van der Waals surface area contributed by atoms with Gasteiger partial charge in [-0.25, -0.2) is 0 Å². The lowest BCUT2D eigenvalue weighted by molar-refractivity contribution is 0.0900. The maximum Gasteiger partial charge on any atom is 0.251 e. The first-order valence-electron chi connectivity index (χ1n) is 7.32. The number of aromatic nitrogens is 1. The van der Waals surface area contributed by atoms with Crippen LogP contribution in [0.4, 0.5) is 0 Å². The average molecular weight is 300 g/mol. The Hall–Kier alpha value is -2.40. The van der Waals surface area contributed by atoms with E-state index in [4.69, 9.17) is 4.74 Å². The largest absolute Gasteiger partial charge is 0.375 e. The van der Waals surface area contributed by atoms with E-state index in [-0.39, 0.29) is 11.5 Å². The first-order chi connectivity index (χ1) is 10.7. The number of H-pyrrole nitrogens is 1. The third kappa shape index (κ3) is 4.86. The zero-order valence-electron chi connectivity index (χ0n) is 12.6. The lowest BCUT2D eigenvalue weighted by Gasteiger charge is -2.07. The van der Waals surface area contributed by atoms with E-state index in [1.807, 2.05) is 37.3 Å². The summed E-state index contributed by atoms with van der Waals surface area (Å²) in [5, 5.41) is 2.75. The third-order valence-corrected chi connectivity index (χ3v) is 3.19. The topological polar surface area (TPSA) is 71.2 Å². The SMILES string of the molecule is CCc1cc(C(=O)NCCOCc2ccccc2)cc(=O)[nH]1. The first-order valence-corrected chi connectivity index (χ1v) is 7.32. The maximum absolute atomic E-state index is 12.0. The van der Waals surface area contributed by atoms with Gasteiger partial charge < -0.3 is 15.0 Å². The van der Waals surface area contributed by atoms with E-state index in [0.29, 0.717) is 31.7 Å². The first kappa shape index (κ1) is 16.0. The van der Waals surface area contributed by atoms with E-state index >= 15 is 0 Å². The van der Waals surface area contributed by atoms with Gasteiger partial charge in [0, 0.05) is 23.9 Å². The Morgan fingerprint density at radius 3 is 2.73 bits per heavy atom. The maximum atomic E-state index is 12.0. The Morgan fingerprint density at radius 2 is 2.00 bits per heavy atom. The molecule has 1 heterocycles. The second-order valence-electron chi connectivity index (χ2n) is 4.91. The van der Waals surface area contributed by atoms with Crippen LogP contribution in [0.25, 0.3) is 0 Å². The minimum absolute atomic E-state index is 0.259. The number of aromatic amines is 1. The monoisotopic (exact) mass is 300 g/mol. The van der Waals surface area contributed by atoms with Crippen molar-refractivity contribution < 1.29 is 9.53 Å². The van der Waals surface area contributed by atoms with Gasteiger partial charge in [0.05, 0.1) is 13.2 Å². The van der Waals surface area contributed by atoms with Crippen LogP contribution in [0.3, 0.4) is 0 Å². The van der Waals surface area contributed by atoms with Crippen molar-refractivity contribution in [3.05, 3.63) is 69.6 Å². The van der Waals surface area contributed by atoms with Crippen molar-refractivity contribution in [2.24, 2.45) is 0 Å². The highest BCUT2D eigenvalue weighted by Gasteiger charge is 2.07. The van der Waals surface area contributed by atoms with Crippen LogP contribution in [0, 0.1) is 0 Å². The third-order valence-electron chi connectivity index (χ3n) is 3.19. The number of hydrogen-bond donors (Lipinski definition) is 2. The number of hydrogen-bond acceptors (Lipinski definition) is 3. The number of aryl methyl sites for hydroxylation is 1. The predicted molar refractivity (Wildman–Crippen MR) is 84.9 cm³/mol. The molecule has 1 aromatic heterocycles. The van der Waals surface area contributed by atoms with E-state index in [0.717, 1.165) is 11.3 Å². The highest BCUT2D eigenvalue weighted by atomic mass is 16.5. The predicted octanol–water partition coefficient (Wildman–Crippen LogP) is 1.88. The minimum atomic E-state index is -0.260. The molecule has 1 amide bonds. The Morgan fingerprint density at radius 1 is 1.23 bits per heavy atom. The van der Waals surface area contributed by atoms with Gasteiger partial charge in [0.2, 0.25) is 5.56 Å². The highest BCUT2D eigenvalue weighted by molar-refractivity contribution is 5.94. The summed E-state index contributed by atoms with van der Waals surface area (Å²) in [5.74, 6) is -0.260. The molecule has 0 aliphatic heterocycles. The molecule has 0 aliphatic rings. The molecule has 0 aliphatic carbocycles. The zero-order chi connectivity index (χ0) is 15.8. The van der Waals surface area contributed by atoms with Crippen LogP contribution in [0.2, 0.25) is 0 Å². The highest BCUT2D eigenvalue weighted by Crippen LogP contribution is 2.01. The van der Waals surface area contributed by atoms with Crippen LogP contribution in [0.5, 0.6) is 0 Å². The van der Waals surface area contributed by atoms with E-state index in [1.54, 1.807) is 6.07 Å². The van der Waals surface area contributed by atoms with Crippen LogP contribution in [-0.4, -0.2) is 24.0 Å². The van der Waals surface area contributed by atoms with Gasteiger partial charge in [-0.2, -0.15) is 0 Å². The second-order valence-corrected chi connectivity index (χ2v) is 4.91. The Bertz CT molecular complexity index is 665. The van der Waals surface area contributed by atoms with E-state index in [9.17, 15) is 9.59 Å². The summed E-state index contributed by atoms with van der Waals surface area (Å²) in [6.07, 6.45) is 0.677. The molecule has 0 fully saturated rings. The standard InChI is InChI=1S/C17H20N2O3/c1-2-15-10-14(11-16(20)19-15)17(21)18-8-9-22-12-13-6-4-3-5-7-13/h3-7,10-11H,2,8-9,12H2,1H3,(H,18,21)(H,19,20). The number of rotatable bonds is 7. The molecule has 116 valence electrons. The quantitative estimate of drug-likeness (QED) is 0.767. The van der Waals surface area contributed by atoms with Crippen LogP contribution >= 0.6 is 0 Å². The zero-order valence-corrected chi connectivity index (χ0v) is 12.6. The van der Waals surface area contributed by atoms with Gasteiger partial charge in [0.25, 0.3) is 5.91 Å². The van der Waals surface area contributed by atoms with Gasteiger partial charge in [0.1, 0.15) is 0 Å². The van der Waals surface area contributed by atoms with Crippen molar-refractivity contribution in [2.45, 2.75) is 20.0 Å². The lowest BCUT2D eigenvalue weighted by atomic mass is 10.2. The number of pyridine rings is 1. The van der Waals surface area contributed by atoms with Gasteiger partial charge in [-0.05, 0) is 18.1 Å². The molecule has 2 rings (SSSR count). The van der Waals surface area contributed by atoms with Crippen LogP contribution in [-0.2, 0) is 17.8 Å². The van der Waals surface area contributed by atoms with Crippen molar-refractivity contribution in [2.75, 3.05) is 13.2 Å². The minimum Gasteiger partial charge on any atom is -0.375 e. The van der Waals surface area contributed by atoms with E-state index in [2.05, 4.69) is 10.3 Å². The molecule has 0 bridgehead atoms. The number of carbonyl (C=O) groups is 1. The molecule has 5 heteroatoms. The number of amides is 1. The summed E-state index contributed by atoms with van der Waals surface area (Å²) >= 11 is 0. The molecular formula is C17H20N2O3. The summed E-state index contributed by atoms with van der Waals surface area (Å²) in [6.45, 7) is 3.26. The summed E-state index contributed by atoms with van der Waals surface area (Å²) in [5.41, 5.74) is 1.96. The van der Waals surface area contributed by atoms with Crippen molar-refractivity contribution in [3.8, 4) is 0 Å². The summed E-state index contributed by atoms with van der Waals surface area (Å²) < 4.78 is 5.49. The Kier molecular flexibility index (Phi) is 5.91. The van der Waals surface area contributed by atoms with Crippen LogP contribution in [0.1, 0.15) is 28.5 Å². The smallest absolute Gasteiger partial charge is 0.251 e. The van der Waals surface area contributed by atoms with Gasteiger partial charge >= 0.3 is 0 Å². The molecule has 22 heavy (non-hydrogen) atoms. The molecule has 0 atom stereocenters. The summed E-state index contributed by atoms with van der Waals surface area (Å²) in [7, 11) is 0. The fourth-order valence-electron chi connectivity index (χ4n) is 2.03. The van der Waals surface area contributed by atoms with Crippen LogP contribution < -0.4 is 10.9 Å². The van der Waals surface area contributed by atoms with Crippen LogP contribution in [0.15, 0.2) is 47.3 Å². The average Bonchev–Trinajstić information content (AvgIpc) is 2.54. The molecule has 0 unspecified atom stereocenters. The summed E-state index contributed by atoms with van der Waals surface area (Å²) in [6, 6.07) is 12.8. The molecular weight excluding hydrogens is 280 g/mol. The molecule has 0 saturated carbocycles. The molecule has 0 spiro atoms. The Balaban J connectivity index is 1.76. The fourth-order valence-corrected chi connectivity index (χ4v) is 2.03. The second kappa shape index (κ2) is 8.14. The van der Waals surface area contributed by atoms with Gasteiger partial charge in [0.15, 0.2) is 0 Å². The Labute approximate surface area is 129 Å². The van der Waals surface area contributed by atoms with Crippen molar-refractivity contribution >= 4 is 5.91 Å². The van der Waals surface area contributed by atoms with Gasteiger partial charge in [-0.15, -0.1) is 0 Å². The normalized spacial score (nSPS) is 10.4. The summed E-state index contributed by atoms with van der Waals surface area (Å²) in [4.78, 5) is 26.1. The number of nitrogens with one attached hydrogen (secondary N) is 2. The van der Waals surface area contributed by atoms with Crippen molar-refractivity contribution in [1.82, 2.24) is 10.3 Å². The van der Waals surface area contributed by atoms with E-state index < -0.39 is 0 Å². The number of carbonyl (C=O) groups excluding carboxylic acids is 1. The van der Waals surface area contributed by atoms with E-state index in [1.165, 1.54) is 6.07 Å². The molecule has 1 aromatic carbocycles.